The van der Waals surface area contributed by atoms with Crippen molar-refractivity contribution in [2.24, 2.45) is 0 Å². The molecule has 0 bridgehead atoms. The Hall–Kier alpha value is -2.46. The van der Waals surface area contributed by atoms with Crippen molar-refractivity contribution >= 4 is 0 Å². The average Bonchev–Trinajstić information content (AvgIpc) is 3.04. The summed E-state index contributed by atoms with van der Waals surface area (Å²) in [4.78, 5) is 4.46. The van der Waals surface area contributed by atoms with Gasteiger partial charge in [0.05, 0.1) is 6.61 Å². The highest BCUT2D eigenvalue weighted by Gasteiger charge is 2.15. The van der Waals surface area contributed by atoms with E-state index < -0.39 is 0 Å². The van der Waals surface area contributed by atoms with E-state index in [2.05, 4.69) is 43.0 Å². The van der Waals surface area contributed by atoms with E-state index in [-0.39, 0.29) is 12.0 Å². The van der Waals surface area contributed by atoms with Gasteiger partial charge in [0.1, 0.15) is 0 Å². The van der Waals surface area contributed by atoms with E-state index in [4.69, 9.17) is 9.63 Å². The van der Waals surface area contributed by atoms with Gasteiger partial charge in [0.25, 0.3) is 5.89 Å². The highest BCUT2D eigenvalue weighted by atomic mass is 16.5. The zero-order valence-corrected chi connectivity index (χ0v) is 13.6. The number of aliphatic hydroxyl groups excluding tert-OH is 1. The largest absolute Gasteiger partial charge is 0.392 e. The molecule has 3 rings (SSSR count). The molecule has 1 aromatic heterocycles. The van der Waals surface area contributed by atoms with Crippen molar-refractivity contribution in [2.45, 2.75) is 32.8 Å². The van der Waals surface area contributed by atoms with Crippen molar-refractivity contribution in [1.29, 1.82) is 0 Å². The molecule has 0 aliphatic carbocycles. The Morgan fingerprint density at radius 2 is 1.52 bits per heavy atom. The molecular weight excluding hydrogens is 288 g/mol. The van der Waals surface area contributed by atoms with Gasteiger partial charge in [0, 0.05) is 11.1 Å². The second-order valence-electron chi connectivity index (χ2n) is 6.61. The number of hydrogen-bond acceptors (Lipinski definition) is 4. The van der Waals surface area contributed by atoms with E-state index in [0.29, 0.717) is 11.7 Å². The third kappa shape index (κ3) is 3.32. The smallest absolute Gasteiger partial charge is 0.258 e. The first-order valence-electron chi connectivity index (χ1n) is 7.62. The van der Waals surface area contributed by atoms with Crippen molar-refractivity contribution in [3.8, 4) is 22.8 Å². The Kier molecular flexibility index (Phi) is 4.01. The van der Waals surface area contributed by atoms with Gasteiger partial charge in [0.2, 0.25) is 5.82 Å². The summed E-state index contributed by atoms with van der Waals surface area (Å²) >= 11 is 0. The summed E-state index contributed by atoms with van der Waals surface area (Å²) in [6.07, 6.45) is 0. The van der Waals surface area contributed by atoms with Crippen molar-refractivity contribution in [3.63, 3.8) is 0 Å². The molecule has 4 nitrogen and oxygen atoms in total. The van der Waals surface area contributed by atoms with Crippen LogP contribution in [-0.2, 0) is 12.0 Å². The molecule has 23 heavy (non-hydrogen) atoms. The zero-order chi connectivity index (χ0) is 16.4. The van der Waals surface area contributed by atoms with Crippen molar-refractivity contribution in [2.75, 3.05) is 0 Å². The van der Waals surface area contributed by atoms with Gasteiger partial charge in [-0.3, -0.25) is 0 Å². The average molecular weight is 308 g/mol. The monoisotopic (exact) mass is 308 g/mol. The fraction of sp³-hybridized carbons (Fsp3) is 0.263. The van der Waals surface area contributed by atoms with Crippen molar-refractivity contribution < 1.29 is 9.63 Å². The van der Waals surface area contributed by atoms with Crippen LogP contribution in [0.15, 0.2) is 53.1 Å². The van der Waals surface area contributed by atoms with Crippen molar-refractivity contribution in [1.82, 2.24) is 10.1 Å². The van der Waals surface area contributed by atoms with Gasteiger partial charge in [-0.2, -0.15) is 4.98 Å². The molecule has 1 N–H and O–H groups in total. The topological polar surface area (TPSA) is 59.2 Å². The lowest BCUT2D eigenvalue weighted by atomic mass is 9.87. The van der Waals surface area contributed by atoms with Gasteiger partial charge >= 0.3 is 0 Å². The van der Waals surface area contributed by atoms with E-state index in [9.17, 15) is 0 Å². The molecule has 0 unspecified atom stereocenters. The molecule has 0 saturated carbocycles. The van der Waals surface area contributed by atoms with Crippen LogP contribution in [0.2, 0.25) is 0 Å². The summed E-state index contributed by atoms with van der Waals surface area (Å²) in [7, 11) is 0. The minimum Gasteiger partial charge on any atom is -0.392 e. The van der Waals surface area contributed by atoms with Crippen LogP contribution in [-0.4, -0.2) is 15.2 Å². The van der Waals surface area contributed by atoms with Gasteiger partial charge in [-0.25, -0.2) is 0 Å². The summed E-state index contributed by atoms with van der Waals surface area (Å²) in [6, 6.07) is 15.7. The first-order chi connectivity index (χ1) is 11.0. The van der Waals surface area contributed by atoms with E-state index in [1.165, 1.54) is 5.56 Å². The normalized spacial score (nSPS) is 11.7. The van der Waals surface area contributed by atoms with Crippen LogP contribution < -0.4 is 0 Å². The Morgan fingerprint density at radius 1 is 0.913 bits per heavy atom. The van der Waals surface area contributed by atoms with Crippen LogP contribution in [0.4, 0.5) is 0 Å². The summed E-state index contributed by atoms with van der Waals surface area (Å²) in [5, 5.41) is 13.1. The summed E-state index contributed by atoms with van der Waals surface area (Å²) in [5.41, 5.74) is 4.01. The molecular formula is C19H20N2O2. The van der Waals surface area contributed by atoms with E-state index in [0.717, 1.165) is 16.7 Å². The fourth-order valence-electron chi connectivity index (χ4n) is 2.33. The minimum atomic E-state index is 0.0233. The molecule has 3 aromatic rings. The molecule has 0 amide bonds. The molecule has 0 fully saturated rings. The lowest BCUT2D eigenvalue weighted by Crippen LogP contribution is -2.10. The van der Waals surface area contributed by atoms with Crippen LogP contribution in [0.5, 0.6) is 0 Å². The lowest BCUT2D eigenvalue weighted by Gasteiger charge is -2.18. The third-order valence-corrected chi connectivity index (χ3v) is 3.82. The summed E-state index contributed by atoms with van der Waals surface area (Å²) < 4.78 is 5.35. The zero-order valence-electron chi connectivity index (χ0n) is 13.6. The molecule has 2 aromatic carbocycles. The first kappa shape index (κ1) is 15.4. The molecule has 1 heterocycles. The van der Waals surface area contributed by atoms with E-state index >= 15 is 0 Å². The highest BCUT2D eigenvalue weighted by molar-refractivity contribution is 5.60. The molecule has 4 heteroatoms. The predicted molar refractivity (Wildman–Crippen MR) is 89.8 cm³/mol. The maximum Gasteiger partial charge on any atom is 0.258 e. The standard InChI is InChI=1S/C19H20N2O2/c1-19(2,3)16-10-8-14(9-11-16)17-20-18(23-21-17)15-6-4-13(12-22)5-7-15/h4-11,22H,12H2,1-3H3. The summed E-state index contributed by atoms with van der Waals surface area (Å²) in [5.74, 6) is 1.05. The first-order valence-corrected chi connectivity index (χ1v) is 7.62. The predicted octanol–water partition coefficient (Wildman–Crippen LogP) is 4.19. The van der Waals surface area contributed by atoms with Crippen LogP contribution in [0.25, 0.3) is 22.8 Å². The molecule has 0 aliphatic rings. The fourth-order valence-corrected chi connectivity index (χ4v) is 2.33. The van der Waals surface area contributed by atoms with Crippen molar-refractivity contribution in [3.05, 3.63) is 59.7 Å². The Balaban J connectivity index is 1.86. The van der Waals surface area contributed by atoms with Gasteiger partial charge in [-0.1, -0.05) is 62.3 Å². The second kappa shape index (κ2) is 5.97. The quantitative estimate of drug-likeness (QED) is 0.788. The van der Waals surface area contributed by atoms with Crippen LogP contribution in [0.1, 0.15) is 31.9 Å². The number of benzene rings is 2. The SMILES string of the molecule is CC(C)(C)c1ccc(-c2noc(-c3ccc(CO)cc3)n2)cc1. The molecule has 118 valence electrons. The molecule has 0 spiro atoms. The van der Waals surface area contributed by atoms with Crippen LogP contribution in [0, 0.1) is 0 Å². The number of aliphatic hydroxyl groups is 1. The molecule has 0 atom stereocenters. The van der Waals surface area contributed by atoms with Gasteiger partial charge in [0.15, 0.2) is 0 Å². The number of aromatic nitrogens is 2. The summed E-state index contributed by atoms with van der Waals surface area (Å²) in [6.45, 7) is 6.58. The van der Waals surface area contributed by atoms with Gasteiger partial charge in [-0.15, -0.1) is 0 Å². The molecule has 0 saturated heterocycles. The Labute approximate surface area is 135 Å². The number of hydrogen-bond donors (Lipinski definition) is 1. The maximum absolute atomic E-state index is 9.08. The maximum atomic E-state index is 9.08. The molecule has 0 radical (unpaired) electrons. The van der Waals surface area contributed by atoms with Crippen LogP contribution >= 0.6 is 0 Å². The number of nitrogens with zero attached hydrogens (tertiary/aromatic N) is 2. The van der Waals surface area contributed by atoms with Crippen LogP contribution in [0.3, 0.4) is 0 Å². The van der Waals surface area contributed by atoms with E-state index in [1.54, 1.807) is 0 Å². The second-order valence-corrected chi connectivity index (χ2v) is 6.61. The Morgan fingerprint density at radius 3 is 2.09 bits per heavy atom. The lowest BCUT2D eigenvalue weighted by molar-refractivity contribution is 0.282. The Bertz CT molecular complexity index is 781. The minimum absolute atomic E-state index is 0.0233. The molecule has 0 aliphatic heterocycles. The van der Waals surface area contributed by atoms with Gasteiger partial charge in [-0.05, 0) is 28.7 Å². The highest BCUT2D eigenvalue weighted by Crippen LogP contribution is 2.26. The third-order valence-electron chi connectivity index (χ3n) is 3.82. The van der Waals surface area contributed by atoms with E-state index in [1.807, 2.05) is 36.4 Å². The van der Waals surface area contributed by atoms with Gasteiger partial charge < -0.3 is 9.63 Å². The number of rotatable bonds is 3.